The summed E-state index contributed by atoms with van der Waals surface area (Å²) in [7, 11) is -3.50. The molecule has 4 aliphatic rings. The first-order valence-corrected chi connectivity index (χ1v) is 43.5. The molecule has 4 fully saturated rings. The second-order valence-electron chi connectivity index (χ2n) is 25.7. The lowest BCUT2D eigenvalue weighted by Gasteiger charge is -2.39. The second kappa shape index (κ2) is 35.8. The van der Waals surface area contributed by atoms with Gasteiger partial charge >= 0.3 is 34.0 Å². The maximum Gasteiger partial charge on any atom is 0.472 e. The quantitative estimate of drug-likeness (QED) is 0.0107. The Morgan fingerprint density at radius 3 is 1.70 bits per heavy atom. The Bertz CT molecular complexity index is 3970. The Kier molecular flexibility index (Phi) is 28.2. The Labute approximate surface area is 602 Å². The Morgan fingerprint density at radius 2 is 1.15 bits per heavy atom. The Morgan fingerprint density at radius 1 is 0.647 bits per heavy atom. The number of aliphatic hydroxyl groups is 2. The molecule has 0 spiro atoms. The van der Waals surface area contributed by atoms with Crippen molar-refractivity contribution in [1.82, 2.24) is 58.6 Å². The number of carbonyl (C=O) groups is 1. The van der Waals surface area contributed by atoms with Gasteiger partial charge in [0.05, 0.1) is 57.4 Å². The molecule has 0 radical (unpaired) electrons. The third-order valence-electron chi connectivity index (χ3n) is 18.0. The highest BCUT2D eigenvalue weighted by Crippen LogP contribution is 2.62. The van der Waals surface area contributed by atoms with Gasteiger partial charge in [-0.05, 0) is 68.1 Å². The number of phosphoric ester groups is 1. The highest BCUT2D eigenvalue weighted by Gasteiger charge is 2.61. The predicted molar refractivity (Wildman–Crippen MR) is 376 cm³/mol. The van der Waals surface area contributed by atoms with Crippen molar-refractivity contribution in [3.63, 3.8) is 0 Å². The molecule has 7 unspecified atom stereocenters. The van der Waals surface area contributed by atoms with Crippen molar-refractivity contribution in [2.24, 2.45) is 5.41 Å². The van der Waals surface area contributed by atoms with E-state index in [4.69, 9.17) is 101 Å². The average Bonchev–Trinajstić information content (AvgIpc) is 1.59. The standard InChI is InChI=1S/C58H91N15O22P4S3/c1-5-6-7-8-9-10-11-12-13-14-15-16-17-18-20-57(2,3)56(76)85-25-26-102-97(79,80)93-45-46-58(21-19-23-84-46,92-55(45)73-35-70-40-49(61)64-32-67-52(40)73)29-89-99(82,101)94-43-41(75)36(90-53(43)71-33-68-38-47(59)62-30-65-50(38)71)27-88-98(81,100)95-44-42(83-4)37(28-87-96(77,78)86-24-22-74)91-54(44)72-34-69-39-48(60)63-31-66-51(39)72/h30-37,41-46,53-55,74-75H,5-29H2,1-4H3,(H,77,78)(H,79,80)(H,81,100)(H,82,101)(H2,59,62,65)(H2,60,63,66)(H2,61,64,67)/t36-,37-,41?,42?,43+,44+,45+,46?,53-,54-,55-,58-,98?,99?/m1/s1. The number of aliphatic hydroxyl groups excluding tert-OH is 2. The van der Waals surface area contributed by atoms with Crippen LogP contribution >= 0.6 is 39.4 Å². The molecule has 6 aromatic heterocycles. The molecule has 4 aliphatic heterocycles. The van der Waals surface area contributed by atoms with Crippen LogP contribution in [0.4, 0.5) is 17.5 Å². The van der Waals surface area contributed by atoms with Crippen LogP contribution in [0.15, 0.2) is 38.0 Å². The smallest absolute Gasteiger partial charge is 0.464 e. The molecule has 12 N–H and O–H groups in total. The van der Waals surface area contributed by atoms with Gasteiger partial charge in [0.2, 0.25) is 0 Å². The van der Waals surface area contributed by atoms with Crippen LogP contribution in [0, 0.1) is 5.41 Å². The SMILES string of the molecule is CCCCCCCCCCCCCCCCC(C)(C)C(=O)OCCSP(=O)(O)O[C@H]1C2OCCC[C@]2(COP(O)(=S)O[C@H]2C(O)[C@@H](COP(O)(=S)O[C@H]3C(OC)[C@@H](COP(=O)(O)OCCO)O[C@H]3n3cnc4c(N)ncnc43)O[C@H]2n2cnc3c(N)ncnc32)O[C@H]1n1cnc2c(N)ncnc21. The highest BCUT2D eigenvalue weighted by molar-refractivity contribution is 8.54. The summed E-state index contributed by atoms with van der Waals surface area (Å²) < 4.78 is 109. The number of imidazole rings is 3. The fraction of sp³-hybridized carbons (Fsp3) is 0.724. The van der Waals surface area contributed by atoms with E-state index in [1.54, 1.807) is 0 Å². The molecule has 0 aliphatic carbocycles. The number of nitrogen functional groups attached to an aromatic ring is 3. The molecule has 0 aromatic carbocycles. The summed E-state index contributed by atoms with van der Waals surface area (Å²) in [6.07, 6.45) is 9.70. The molecule has 16 atom stereocenters. The predicted octanol–water partition coefficient (Wildman–Crippen LogP) is 6.89. The van der Waals surface area contributed by atoms with Gasteiger partial charge in [0.1, 0.15) is 96.6 Å². The fourth-order valence-corrected chi connectivity index (χ4v) is 18.7. The number of rotatable bonds is 42. The van der Waals surface area contributed by atoms with Crippen LogP contribution in [0.5, 0.6) is 0 Å². The van der Waals surface area contributed by atoms with E-state index in [1.807, 2.05) is 13.8 Å². The molecule has 0 amide bonds. The van der Waals surface area contributed by atoms with E-state index in [1.165, 1.54) is 110 Å². The number of unbranched alkanes of at least 4 members (excludes halogenated alkanes) is 13. The minimum atomic E-state index is -4.76. The molecule has 10 heterocycles. The van der Waals surface area contributed by atoms with Gasteiger partial charge in [0.15, 0.2) is 53.1 Å². The normalized spacial score (nSPS) is 27.1. The van der Waals surface area contributed by atoms with E-state index >= 15 is 0 Å². The minimum absolute atomic E-state index is 0.00470. The van der Waals surface area contributed by atoms with Crippen molar-refractivity contribution in [2.75, 3.05) is 76.3 Å². The fourth-order valence-electron chi connectivity index (χ4n) is 12.8. The molecule has 6 aromatic rings. The average molecular weight is 1570 g/mol. The lowest BCUT2D eigenvalue weighted by Crippen LogP contribution is -2.51. The van der Waals surface area contributed by atoms with E-state index in [9.17, 15) is 43.7 Å². The van der Waals surface area contributed by atoms with E-state index < -0.39 is 146 Å². The van der Waals surface area contributed by atoms with Crippen LogP contribution in [-0.2, 0) is 97.6 Å². The number of hydrogen-bond acceptors (Lipinski definition) is 33. The largest absolute Gasteiger partial charge is 0.472 e. The van der Waals surface area contributed by atoms with E-state index in [0.29, 0.717) is 24.2 Å². The molecule has 44 heteroatoms. The Hall–Kier alpha value is -4.09. The second-order valence-corrected chi connectivity index (χ2v) is 36.8. The van der Waals surface area contributed by atoms with Gasteiger partial charge < -0.3 is 84.5 Å². The summed E-state index contributed by atoms with van der Waals surface area (Å²) in [4.78, 5) is 97.6. The number of methoxy groups -OCH3 is 1. The summed E-state index contributed by atoms with van der Waals surface area (Å²) in [5.74, 6) is -0.544. The molecule has 4 saturated heterocycles. The highest BCUT2D eigenvalue weighted by atomic mass is 32.7. The molecule has 37 nitrogen and oxygen atoms in total. The summed E-state index contributed by atoms with van der Waals surface area (Å²) in [6, 6.07) is 0. The van der Waals surface area contributed by atoms with E-state index in [-0.39, 0.29) is 76.3 Å². The number of carbonyl (C=O) groups excluding carboxylic acids is 1. The lowest BCUT2D eigenvalue weighted by atomic mass is 9.87. The van der Waals surface area contributed by atoms with Crippen LogP contribution in [0.2, 0.25) is 0 Å². The van der Waals surface area contributed by atoms with Crippen molar-refractivity contribution >= 4 is 120 Å². The van der Waals surface area contributed by atoms with Crippen LogP contribution in [-0.4, -0.2) is 208 Å². The summed E-state index contributed by atoms with van der Waals surface area (Å²) in [5.41, 5.74) is 16.9. The van der Waals surface area contributed by atoms with Crippen LogP contribution < -0.4 is 17.2 Å². The van der Waals surface area contributed by atoms with Crippen molar-refractivity contribution in [3.8, 4) is 0 Å². The van der Waals surface area contributed by atoms with Crippen molar-refractivity contribution in [3.05, 3.63) is 38.0 Å². The third kappa shape index (κ3) is 20.0. The number of esters is 1. The molecule has 10 rings (SSSR count). The number of ether oxygens (including phenoxy) is 6. The lowest BCUT2D eigenvalue weighted by molar-refractivity contribution is -0.164. The van der Waals surface area contributed by atoms with Gasteiger partial charge in [0, 0.05) is 19.5 Å². The van der Waals surface area contributed by atoms with Crippen molar-refractivity contribution in [1.29, 1.82) is 0 Å². The molecule has 0 bridgehead atoms. The number of nitrogens with two attached hydrogens (primary N) is 3. The molecular weight excluding hydrogens is 1480 g/mol. The number of anilines is 3. The maximum atomic E-state index is 14.3. The number of fused-ring (bicyclic) bond motifs is 4. The third-order valence-corrected chi connectivity index (χ3v) is 25.1. The first-order valence-electron chi connectivity index (χ1n) is 33.7. The van der Waals surface area contributed by atoms with Gasteiger partial charge in [-0.25, -0.2) is 54.0 Å². The zero-order chi connectivity index (χ0) is 73.0. The van der Waals surface area contributed by atoms with Crippen LogP contribution in [0.3, 0.4) is 0 Å². The summed E-state index contributed by atoms with van der Waals surface area (Å²) in [5, 5.41) is 21.5. The summed E-state index contributed by atoms with van der Waals surface area (Å²) >= 11 is 11.8. The number of aromatic nitrogens is 12. The first kappa shape index (κ1) is 80.5. The van der Waals surface area contributed by atoms with Gasteiger partial charge in [-0.3, -0.25) is 41.1 Å². The van der Waals surface area contributed by atoms with Crippen LogP contribution in [0.25, 0.3) is 33.5 Å². The van der Waals surface area contributed by atoms with Crippen molar-refractivity contribution in [2.45, 2.75) is 203 Å². The number of hydrogen-bond donors (Lipinski definition) is 9. The number of nitrogens with zero attached hydrogens (tertiary/aromatic N) is 12. The van der Waals surface area contributed by atoms with Gasteiger partial charge in [-0.1, -0.05) is 96.8 Å². The monoisotopic (exact) mass is 1570 g/mol. The minimum Gasteiger partial charge on any atom is -0.464 e. The Balaban J connectivity index is 0.805. The zero-order valence-electron chi connectivity index (χ0n) is 56.8. The topological polar surface area (TPSA) is 501 Å². The van der Waals surface area contributed by atoms with E-state index in [0.717, 1.165) is 38.3 Å². The number of phosphoric acid groups is 1. The molecule has 568 valence electrons. The van der Waals surface area contributed by atoms with Crippen molar-refractivity contribution < 1.29 is 104 Å². The molecular formula is C58H91N15O22P4S3. The van der Waals surface area contributed by atoms with Crippen LogP contribution in [0.1, 0.15) is 149 Å². The first-order chi connectivity index (χ1) is 48.7. The molecule has 102 heavy (non-hydrogen) atoms. The van der Waals surface area contributed by atoms with E-state index in [2.05, 4.69) is 51.8 Å². The molecule has 0 saturated carbocycles. The maximum absolute atomic E-state index is 14.3. The van der Waals surface area contributed by atoms with Gasteiger partial charge in [-0.15, -0.1) is 0 Å². The van der Waals surface area contributed by atoms with Gasteiger partial charge in [-0.2, -0.15) is 0 Å². The van der Waals surface area contributed by atoms with Gasteiger partial charge in [0.25, 0.3) is 0 Å². The summed E-state index contributed by atoms with van der Waals surface area (Å²) in [6.45, 7) is -11.3. The zero-order valence-corrected chi connectivity index (χ0v) is 62.8.